The second-order valence-electron chi connectivity index (χ2n) is 10.6. The summed E-state index contributed by atoms with van der Waals surface area (Å²) in [6.07, 6.45) is 6.00. The van der Waals surface area contributed by atoms with Crippen LogP contribution in [0.15, 0.2) is 71.4 Å². The molecular weight excluding hydrogens is 555 g/mol. The van der Waals surface area contributed by atoms with Gasteiger partial charge in [0.25, 0.3) is 0 Å². The van der Waals surface area contributed by atoms with E-state index in [1.165, 1.54) is 17.4 Å². The number of hydrogen-bond acceptors (Lipinski definition) is 6. The van der Waals surface area contributed by atoms with Gasteiger partial charge in [0, 0.05) is 70.9 Å². The van der Waals surface area contributed by atoms with E-state index in [2.05, 4.69) is 9.55 Å². The zero-order valence-corrected chi connectivity index (χ0v) is 23.9. The number of nitrogens with zero attached hydrogens (tertiary/aromatic N) is 4. The summed E-state index contributed by atoms with van der Waals surface area (Å²) in [4.78, 5) is 21.4. The Labute approximate surface area is 241 Å². The SMILES string of the molecule is Cc1ccc(-c2oc3cc(N(C)S(C)(=O)=O)c(-c4cc5c(cn4)CCn4c-5cc5c(F)cccc54)cc3c2C=O)cn1. The van der Waals surface area contributed by atoms with Crippen molar-refractivity contribution in [1.29, 1.82) is 0 Å². The van der Waals surface area contributed by atoms with Crippen LogP contribution < -0.4 is 4.31 Å². The molecule has 1 aliphatic rings. The van der Waals surface area contributed by atoms with E-state index in [4.69, 9.17) is 9.40 Å². The molecule has 210 valence electrons. The summed E-state index contributed by atoms with van der Waals surface area (Å²) in [7, 11) is -2.20. The van der Waals surface area contributed by atoms with Crippen molar-refractivity contribution in [1.82, 2.24) is 14.5 Å². The summed E-state index contributed by atoms with van der Waals surface area (Å²) < 4.78 is 49.6. The summed E-state index contributed by atoms with van der Waals surface area (Å²) in [6, 6.07) is 15.8. The van der Waals surface area contributed by atoms with E-state index in [1.807, 2.05) is 37.3 Å². The Hall–Kier alpha value is -4.83. The molecule has 2 aromatic carbocycles. The molecule has 42 heavy (non-hydrogen) atoms. The van der Waals surface area contributed by atoms with Crippen molar-refractivity contribution in [2.75, 3.05) is 17.6 Å². The first-order chi connectivity index (χ1) is 20.1. The fourth-order valence-corrected chi connectivity index (χ4v) is 6.25. The van der Waals surface area contributed by atoms with Gasteiger partial charge in [0.1, 0.15) is 17.2 Å². The van der Waals surface area contributed by atoms with Gasteiger partial charge in [0.05, 0.1) is 28.7 Å². The van der Waals surface area contributed by atoms with Gasteiger partial charge in [0.2, 0.25) is 10.0 Å². The number of aryl methyl sites for hydroxylation is 3. The lowest BCUT2D eigenvalue weighted by atomic mass is 9.96. The Morgan fingerprint density at radius 3 is 2.60 bits per heavy atom. The molecule has 0 amide bonds. The van der Waals surface area contributed by atoms with Crippen LogP contribution in [0.1, 0.15) is 21.6 Å². The molecule has 8 nitrogen and oxygen atoms in total. The summed E-state index contributed by atoms with van der Waals surface area (Å²) in [5.41, 5.74) is 7.10. The number of carbonyl (C=O) groups is 1. The molecule has 7 rings (SSSR count). The maximum atomic E-state index is 14.7. The van der Waals surface area contributed by atoms with E-state index in [9.17, 15) is 17.6 Å². The number of sulfonamides is 1. The summed E-state index contributed by atoms with van der Waals surface area (Å²) >= 11 is 0. The van der Waals surface area contributed by atoms with E-state index < -0.39 is 10.0 Å². The second-order valence-corrected chi connectivity index (χ2v) is 12.6. The number of benzene rings is 2. The average molecular weight is 581 g/mol. The number of rotatable bonds is 5. The van der Waals surface area contributed by atoms with E-state index in [-0.39, 0.29) is 5.82 Å². The first-order valence-electron chi connectivity index (χ1n) is 13.3. The molecule has 0 aliphatic carbocycles. The van der Waals surface area contributed by atoms with Crippen molar-refractivity contribution >= 4 is 43.9 Å². The van der Waals surface area contributed by atoms with E-state index >= 15 is 0 Å². The van der Waals surface area contributed by atoms with Crippen molar-refractivity contribution in [3.63, 3.8) is 0 Å². The Balaban J connectivity index is 1.47. The molecule has 0 N–H and O–H groups in total. The molecule has 4 aromatic heterocycles. The Morgan fingerprint density at radius 2 is 1.86 bits per heavy atom. The van der Waals surface area contributed by atoms with Gasteiger partial charge in [0.15, 0.2) is 6.29 Å². The second kappa shape index (κ2) is 9.35. The zero-order chi connectivity index (χ0) is 29.3. The van der Waals surface area contributed by atoms with Crippen LogP contribution in [-0.2, 0) is 23.0 Å². The lowest BCUT2D eigenvalue weighted by Gasteiger charge is -2.23. The zero-order valence-electron chi connectivity index (χ0n) is 23.1. The number of aromatic nitrogens is 3. The largest absolute Gasteiger partial charge is 0.455 e. The third-order valence-corrected chi connectivity index (χ3v) is 9.20. The van der Waals surface area contributed by atoms with Crippen LogP contribution in [0.25, 0.3) is 55.7 Å². The topological polar surface area (TPSA) is 98.3 Å². The van der Waals surface area contributed by atoms with Crippen LogP contribution in [0.4, 0.5) is 10.1 Å². The maximum Gasteiger partial charge on any atom is 0.232 e. The van der Waals surface area contributed by atoms with Crippen LogP contribution in [0.2, 0.25) is 0 Å². The van der Waals surface area contributed by atoms with Gasteiger partial charge < -0.3 is 8.98 Å². The number of aldehydes is 1. The van der Waals surface area contributed by atoms with Gasteiger partial charge in [-0.05, 0) is 61.4 Å². The predicted molar refractivity (Wildman–Crippen MR) is 161 cm³/mol. The fraction of sp³-hybridized carbons (Fsp3) is 0.156. The van der Waals surface area contributed by atoms with Crippen molar-refractivity contribution in [3.05, 3.63) is 89.6 Å². The van der Waals surface area contributed by atoms with Gasteiger partial charge in [-0.3, -0.25) is 19.1 Å². The lowest BCUT2D eigenvalue weighted by Crippen LogP contribution is -2.25. The molecule has 10 heteroatoms. The standard InChI is InChI=1S/C32H25FN4O4S/c1-18-7-8-20(16-34-18)32-25(17-38)22-11-24(29(14-31(22)41-32)36(2)42(3,39)40)27-12-21-19(15-35-27)9-10-37-28-6-4-5-26(33)23(28)13-30(21)37/h4-8,11-17H,9-10H2,1-3H3. The molecule has 0 atom stereocenters. The third kappa shape index (κ3) is 4.01. The summed E-state index contributed by atoms with van der Waals surface area (Å²) in [5, 5.41) is 1.07. The van der Waals surface area contributed by atoms with Crippen LogP contribution in [0.3, 0.4) is 0 Å². The van der Waals surface area contributed by atoms with Gasteiger partial charge in [-0.1, -0.05) is 6.07 Å². The smallest absolute Gasteiger partial charge is 0.232 e. The van der Waals surface area contributed by atoms with E-state index in [0.717, 1.165) is 47.0 Å². The van der Waals surface area contributed by atoms with Crippen molar-refractivity contribution < 1.29 is 22.0 Å². The molecule has 6 aromatic rings. The summed E-state index contributed by atoms with van der Waals surface area (Å²) in [6.45, 7) is 2.56. The van der Waals surface area contributed by atoms with Crippen molar-refractivity contribution in [2.45, 2.75) is 19.9 Å². The quantitative estimate of drug-likeness (QED) is 0.219. The predicted octanol–water partition coefficient (Wildman–Crippen LogP) is 6.39. The number of hydrogen-bond donors (Lipinski definition) is 0. The molecule has 0 bridgehead atoms. The Bertz CT molecular complexity index is 2180. The van der Waals surface area contributed by atoms with Gasteiger partial charge in [-0.2, -0.15) is 0 Å². The van der Waals surface area contributed by atoms with Crippen LogP contribution in [0, 0.1) is 12.7 Å². The highest BCUT2D eigenvalue weighted by Gasteiger charge is 2.26. The van der Waals surface area contributed by atoms with Gasteiger partial charge >= 0.3 is 0 Å². The summed E-state index contributed by atoms with van der Waals surface area (Å²) in [5.74, 6) is 0.0660. The molecule has 1 aliphatic heterocycles. The molecule has 0 fully saturated rings. The number of halogens is 1. The van der Waals surface area contributed by atoms with Crippen LogP contribution in [-0.4, -0.2) is 42.5 Å². The van der Waals surface area contributed by atoms with Gasteiger partial charge in [-0.25, -0.2) is 12.8 Å². The highest BCUT2D eigenvalue weighted by molar-refractivity contribution is 7.92. The minimum absolute atomic E-state index is 0.284. The Morgan fingerprint density at radius 1 is 1.02 bits per heavy atom. The molecule has 0 saturated carbocycles. The highest BCUT2D eigenvalue weighted by atomic mass is 32.2. The fourth-order valence-electron chi connectivity index (χ4n) is 5.74. The van der Waals surface area contributed by atoms with E-state index in [0.29, 0.717) is 56.7 Å². The number of pyridine rings is 2. The van der Waals surface area contributed by atoms with Crippen LogP contribution >= 0.6 is 0 Å². The first-order valence-corrected chi connectivity index (χ1v) is 15.2. The number of anilines is 1. The molecule has 0 spiro atoms. The van der Waals surface area contributed by atoms with Crippen molar-refractivity contribution in [2.24, 2.45) is 0 Å². The molecule has 0 unspecified atom stereocenters. The van der Waals surface area contributed by atoms with E-state index in [1.54, 1.807) is 30.6 Å². The molecule has 0 saturated heterocycles. The van der Waals surface area contributed by atoms with Gasteiger partial charge in [-0.15, -0.1) is 0 Å². The minimum Gasteiger partial charge on any atom is -0.455 e. The molecule has 5 heterocycles. The van der Waals surface area contributed by atoms with Crippen LogP contribution in [0.5, 0.6) is 0 Å². The highest BCUT2D eigenvalue weighted by Crippen LogP contribution is 2.42. The first kappa shape index (κ1) is 26.1. The minimum atomic E-state index is -3.67. The Kier molecular flexibility index (Phi) is 5.81. The average Bonchev–Trinajstić information content (AvgIpc) is 3.55. The lowest BCUT2D eigenvalue weighted by molar-refractivity contribution is 0.112. The molecular formula is C32H25FN4O4S. The normalized spacial score (nSPS) is 12.9. The van der Waals surface area contributed by atoms with Crippen molar-refractivity contribution in [3.8, 4) is 33.8 Å². The third-order valence-electron chi connectivity index (χ3n) is 8.01. The monoisotopic (exact) mass is 580 g/mol. The number of furan rings is 1. The number of fused-ring (bicyclic) bond motifs is 6. The maximum absolute atomic E-state index is 14.7. The number of carbonyl (C=O) groups excluding carboxylic acids is 1. The molecule has 0 radical (unpaired) electrons.